The number of halogens is 9. The van der Waals surface area contributed by atoms with E-state index in [0.717, 1.165) is 18.2 Å². The molecule has 1 aliphatic heterocycles. The lowest BCUT2D eigenvalue weighted by Crippen LogP contribution is -2.60. The van der Waals surface area contributed by atoms with Crippen LogP contribution in [-0.2, 0) is 10.9 Å². The molecule has 16 heteroatoms. The first-order chi connectivity index (χ1) is 14.6. The molecule has 0 aromatic heterocycles. The van der Waals surface area contributed by atoms with Crippen LogP contribution in [0.15, 0.2) is 36.2 Å². The summed E-state index contributed by atoms with van der Waals surface area (Å²) in [5, 5.41) is 7.98. The van der Waals surface area contributed by atoms with Crippen LogP contribution in [-0.4, -0.2) is 42.4 Å². The van der Waals surface area contributed by atoms with Crippen LogP contribution in [0.4, 0.5) is 50.0 Å². The molecule has 2 amide bonds. The Morgan fingerprint density at radius 1 is 1.00 bits per heavy atom. The lowest BCUT2D eigenvalue weighted by atomic mass is 10.2. The number of hydrogen-bond acceptors (Lipinski definition) is 5. The molecule has 2 unspecified atom stereocenters. The van der Waals surface area contributed by atoms with Crippen molar-refractivity contribution >= 4 is 23.5 Å². The average molecular weight is 498 g/mol. The lowest BCUT2D eigenvalue weighted by molar-refractivity contribution is -0.166. The zero-order valence-corrected chi connectivity index (χ0v) is 16.4. The van der Waals surface area contributed by atoms with Crippen LogP contribution in [0.5, 0.6) is 0 Å². The highest BCUT2D eigenvalue weighted by Gasteiger charge is 2.33. The summed E-state index contributed by atoms with van der Waals surface area (Å²) in [5.74, 6) is -1.86. The van der Waals surface area contributed by atoms with Gasteiger partial charge in [0.25, 0.3) is 0 Å². The second-order valence-corrected chi connectivity index (χ2v) is 7.33. The second-order valence-electron chi connectivity index (χ2n) is 6.20. The number of anilines is 1. The fourth-order valence-corrected chi connectivity index (χ4v) is 3.05. The standard InChI is InChI=1S/C16H15F9N4O2S/c17-14(18,19)6-31-10-5-11(32-7-15(20,21)22)28-12(27-10)29-13(30)26-9-3-1-8(2-4-9)16(23,24)25/h1-5,11-12,27-28H,6-7H2,(H2,26,29,30). The molecule has 1 aromatic carbocycles. The first kappa shape index (κ1) is 25.8. The molecule has 1 heterocycles. The van der Waals surface area contributed by atoms with E-state index in [0.29, 0.717) is 12.1 Å². The van der Waals surface area contributed by atoms with Crippen molar-refractivity contribution in [1.82, 2.24) is 16.0 Å². The van der Waals surface area contributed by atoms with Gasteiger partial charge in [0, 0.05) is 11.8 Å². The van der Waals surface area contributed by atoms with Crippen molar-refractivity contribution in [3.05, 3.63) is 41.8 Å². The van der Waals surface area contributed by atoms with Crippen molar-refractivity contribution in [2.75, 3.05) is 17.7 Å². The number of amides is 2. The number of benzene rings is 1. The molecule has 0 spiro atoms. The predicted molar refractivity (Wildman–Crippen MR) is 96.0 cm³/mol. The summed E-state index contributed by atoms with van der Waals surface area (Å²) >= 11 is 0.288. The fraction of sp³-hybridized carbons (Fsp3) is 0.438. The SMILES string of the molecule is O=C(Nc1ccc(C(F)(F)F)cc1)NC1NC(OCC(F)(F)F)=CC(SCC(F)(F)F)N1. The van der Waals surface area contributed by atoms with Crippen molar-refractivity contribution in [2.45, 2.75) is 30.2 Å². The Morgan fingerprint density at radius 3 is 2.16 bits per heavy atom. The van der Waals surface area contributed by atoms with Gasteiger partial charge in [0.05, 0.1) is 16.7 Å². The van der Waals surface area contributed by atoms with Gasteiger partial charge in [0.2, 0.25) is 0 Å². The van der Waals surface area contributed by atoms with Crippen LogP contribution < -0.4 is 21.3 Å². The minimum absolute atomic E-state index is 0.0432. The summed E-state index contributed by atoms with van der Waals surface area (Å²) in [6, 6.07) is 2.34. The second kappa shape index (κ2) is 9.97. The average Bonchev–Trinajstić information content (AvgIpc) is 2.63. The van der Waals surface area contributed by atoms with Crippen LogP contribution >= 0.6 is 11.8 Å². The van der Waals surface area contributed by atoms with E-state index >= 15 is 0 Å². The van der Waals surface area contributed by atoms with Gasteiger partial charge in [-0.1, -0.05) is 0 Å². The molecule has 2 rings (SSSR count). The Morgan fingerprint density at radius 2 is 1.62 bits per heavy atom. The van der Waals surface area contributed by atoms with E-state index in [4.69, 9.17) is 0 Å². The number of thioether (sulfide) groups is 1. The minimum Gasteiger partial charge on any atom is -0.470 e. The molecule has 2 atom stereocenters. The Balaban J connectivity index is 2.00. The summed E-state index contributed by atoms with van der Waals surface area (Å²) in [6.45, 7) is -1.73. The molecule has 1 aromatic rings. The van der Waals surface area contributed by atoms with Gasteiger partial charge in [-0.25, -0.2) is 4.79 Å². The fourth-order valence-electron chi connectivity index (χ4n) is 2.23. The topological polar surface area (TPSA) is 74.4 Å². The van der Waals surface area contributed by atoms with Gasteiger partial charge in [0.1, 0.15) is 0 Å². The van der Waals surface area contributed by atoms with E-state index in [2.05, 4.69) is 26.0 Å². The molecule has 32 heavy (non-hydrogen) atoms. The van der Waals surface area contributed by atoms with Gasteiger partial charge in [-0.2, -0.15) is 39.5 Å². The maximum absolute atomic E-state index is 12.6. The van der Waals surface area contributed by atoms with Gasteiger partial charge in [-0.05, 0) is 24.3 Å². The number of nitrogens with one attached hydrogen (secondary N) is 4. The summed E-state index contributed by atoms with van der Waals surface area (Å²) in [5.41, 5.74) is -1.00. The van der Waals surface area contributed by atoms with Crippen LogP contribution in [0.1, 0.15) is 5.56 Å². The molecule has 4 N–H and O–H groups in total. The molecule has 0 fully saturated rings. The van der Waals surface area contributed by atoms with Crippen molar-refractivity contribution in [3.63, 3.8) is 0 Å². The van der Waals surface area contributed by atoms with Crippen LogP contribution in [0.3, 0.4) is 0 Å². The molecule has 1 aliphatic rings. The molecule has 0 saturated heterocycles. The first-order valence-corrected chi connectivity index (χ1v) is 9.53. The van der Waals surface area contributed by atoms with Gasteiger partial charge in [-0.15, -0.1) is 11.8 Å². The quantitative estimate of drug-likeness (QED) is 0.439. The third kappa shape index (κ3) is 9.33. The highest BCUT2D eigenvalue weighted by Crippen LogP contribution is 2.30. The molecule has 0 radical (unpaired) electrons. The predicted octanol–water partition coefficient (Wildman–Crippen LogP) is 4.35. The van der Waals surface area contributed by atoms with Crippen molar-refractivity contribution in [3.8, 4) is 0 Å². The van der Waals surface area contributed by atoms with Crippen molar-refractivity contribution < 1.29 is 49.0 Å². The first-order valence-electron chi connectivity index (χ1n) is 8.48. The Labute approximate surface area is 178 Å². The molecule has 180 valence electrons. The lowest BCUT2D eigenvalue weighted by Gasteiger charge is -2.32. The third-order valence-corrected chi connectivity index (χ3v) is 4.61. The maximum Gasteiger partial charge on any atom is 0.422 e. The number of hydrogen-bond donors (Lipinski definition) is 4. The summed E-state index contributed by atoms with van der Waals surface area (Å²) < 4.78 is 117. The van der Waals surface area contributed by atoms with Crippen molar-refractivity contribution in [1.29, 1.82) is 0 Å². The number of urea groups is 1. The Hall–Kier alpha value is -2.49. The zero-order valence-electron chi connectivity index (χ0n) is 15.6. The number of ether oxygens (including phenoxy) is 1. The molecular formula is C16H15F9N4O2S. The van der Waals surface area contributed by atoms with E-state index in [1.165, 1.54) is 0 Å². The monoisotopic (exact) mass is 498 g/mol. The smallest absolute Gasteiger partial charge is 0.422 e. The summed E-state index contributed by atoms with van der Waals surface area (Å²) in [6.07, 6.45) is -14.3. The minimum atomic E-state index is -4.72. The third-order valence-electron chi connectivity index (χ3n) is 3.48. The molecule has 0 aliphatic carbocycles. The van der Waals surface area contributed by atoms with E-state index in [9.17, 15) is 44.3 Å². The van der Waals surface area contributed by atoms with Gasteiger partial charge >= 0.3 is 24.6 Å². The van der Waals surface area contributed by atoms with Crippen LogP contribution in [0, 0.1) is 0 Å². The number of alkyl halides is 9. The number of carbonyl (C=O) groups is 1. The van der Waals surface area contributed by atoms with E-state index in [1.54, 1.807) is 0 Å². The van der Waals surface area contributed by atoms with E-state index in [-0.39, 0.29) is 17.4 Å². The largest absolute Gasteiger partial charge is 0.470 e. The molecular weight excluding hydrogens is 483 g/mol. The summed E-state index contributed by atoms with van der Waals surface area (Å²) in [7, 11) is 0. The van der Waals surface area contributed by atoms with Crippen LogP contribution in [0.2, 0.25) is 0 Å². The normalized spacial score (nSPS) is 19.6. The Bertz CT molecular complexity index is 810. The highest BCUT2D eigenvalue weighted by atomic mass is 32.2. The summed E-state index contributed by atoms with van der Waals surface area (Å²) in [4.78, 5) is 12.1. The van der Waals surface area contributed by atoms with Gasteiger partial charge in [0.15, 0.2) is 18.8 Å². The zero-order chi connectivity index (χ0) is 24.2. The van der Waals surface area contributed by atoms with Gasteiger partial charge in [-0.3, -0.25) is 5.32 Å². The number of rotatable bonds is 6. The van der Waals surface area contributed by atoms with Gasteiger partial charge < -0.3 is 20.7 Å². The molecule has 0 bridgehead atoms. The number of carbonyl (C=O) groups excluding carboxylic acids is 1. The molecule has 6 nitrogen and oxygen atoms in total. The Kier molecular flexibility index (Phi) is 8.03. The van der Waals surface area contributed by atoms with E-state index < -0.39 is 60.0 Å². The van der Waals surface area contributed by atoms with Crippen LogP contribution in [0.25, 0.3) is 0 Å². The highest BCUT2D eigenvalue weighted by molar-refractivity contribution is 8.00. The maximum atomic E-state index is 12.6. The van der Waals surface area contributed by atoms with E-state index in [1.807, 2.05) is 0 Å². The van der Waals surface area contributed by atoms with Crippen molar-refractivity contribution in [2.24, 2.45) is 0 Å². The molecule has 0 saturated carbocycles.